The number of hydroxylamine groups is 2. The topological polar surface area (TPSA) is 189 Å². The number of hydrogen-bond acceptors (Lipinski definition) is 10. The summed E-state index contributed by atoms with van der Waals surface area (Å²) >= 11 is 0. The van der Waals surface area contributed by atoms with Crippen molar-refractivity contribution in [3.63, 3.8) is 0 Å². The van der Waals surface area contributed by atoms with E-state index >= 15 is 0 Å². The first-order valence-corrected chi connectivity index (χ1v) is 24.3. The van der Waals surface area contributed by atoms with Crippen molar-refractivity contribution in [2.24, 2.45) is 35.3 Å². The molecule has 65 heavy (non-hydrogen) atoms. The van der Waals surface area contributed by atoms with Crippen molar-refractivity contribution in [1.82, 2.24) is 30.5 Å². The van der Waals surface area contributed by atoms with Gasteiger partial charge in [0.15, 0.2) is 5.78 Å². The number of benzene rings is 1. The van der Waals surface area contributed by atoms with Crippen LogP contribution in [0.5, 0.6) is 0 Å². The van der Waals surface area contributed by atoms with Crippen molar-refractivity contribution in [2.45, 2.75) is 157 Å². The summed E-state index contributed by atoms with van der Waals surface area (Å²) in [7, 11) is 5.15. The molecule has 4 rings (SSSR count). The third-order valence-electron chi connectivity index (χ3n) is 13.2. The summed E-state index contributed by atoms with van der Waals surface area (Å²) in [5, 5.41) is 8.32. The summed E-state index contributed by atoms with van der Waals surface area (Å²) in [5.41, 5.74) is 7.46. The van der Waals surface area contributed by atoms with Crippen molar-refractivity contribution < 1.29 is 38.3 Å². The second-order valence-corrected chi connectivity index (χ2v) is 18.4. The summed E-state index contributed by atoms with van der Waals surface area (Å²) in [5.74, 6) is -0.288. The van der Waals surface area contributed by atoms with Gasteiger partial charge in [-0.05, 0) is 75.0 Å². The van der Waals surface area contributed by atoms with Crippen molar-refractivity contribution in [1.29, 1.82) is 0 Å². The third kappa shape index (κ3) is 16.4. The van der Waals surface area contributed by atoms with Crippen molar-refractivity contribution in [2.75, 3.05) is 54.1 Å². The van der Waals surface area contributed by atoms with Crippen LogP contribution < -0.4 is 16.4 Å². The molecule has 1 aromatic heterocycles. The molecule has 2 fully saturated rings. The zero-order valence-corrected chi connectivity index (χ0v) is 42.4. The minimum Gasteiger partial charge on any atom is -0.381 e. The SMILES string of the molecule is CC.CC(=O)[C@@H](NC(=O)C(C(C)C)N(C)CCN)C(C)C.CCC(C)C(C)C(CC(=O)N1CCCC1C(OC)C(C)C(=O)N[C@@H](Cc1c[nH]c2ccccc12)C(=O)N1CCCCO1)OC. The maximum absolute atomic E-state index is 13.9. The fourth-order valence-electron chi connectivity index (χ4n) is 9.10. The van der Waals surface area contributed by atoms with Crippen LogP contribution in [0.3, 0.4) is 0 Å². The molecule has 370 valence electrons. The lowest BCUT2D eigenvalue weighted by atomic mass is 9.87. The molecule has 5 N–H and O–H groups in total. The molecule has 7 unspecified atom stereocenters. The first-order valence-electron chi connectivity index (χ1n) is 24.3. The number of methoxy groups -OCH3 is 2. The van der Waals surface area contributed by atoms with Gasteiger partial charge in [0.1, 0.15) is 6.04 Å². The quantitative estimate of drug-likeness (QED) is 0.107. The van der Waals surface area contributed by atoms with E-state index in [1.165, 1.54) is 12.0 Å². The van der Waals surface area contributed by atoms with E-state index in [1.807, 2.05) is 95.8 Å². The van der Waals surface area contributed by atoms with Crippen LogP contribution in [0.15, 0.2) is 30.5 Å². The van der Waals surface area contributed by atoms with Crippen LogP contribution in [0, 0.1) is 29.6 Å². The highest BCUT2D eigenvalue weighted by Crippen LogP contribution is 2.30. The Hall–Kier alpha value is -3.89. The van der Waals surface area contributed by atoms with E-state index in [4.69, 9.17) is 20.0 Å². The van der Waals surface area contributed by atoms with Gasteiger partial charge in [-0.3, -0.25) is 33.7 Å². The molecule has 4 amide bonds. The highest BCUT2D eigenvalue weighted by Gasteiger charge is 2.42. The summed E-state index contributed by atoms with van der Waals surface area (Å²) < 4.78 is 11.7. The van der Waals surface area contributed by atoms with Gasteiger partial charge in [-0.25, -0.2) is 5.06 Å². The minimum atomic E-state index is -0.814. The van der Waals surface area contributed by atoms with Gasteiger partial charge >= 0.3 is 0 Å². The van der Waals surface area contributed by atoms with Gasteiger partial charge in [-0.2, -0.15) is 0 Å². The van der Waals surface area contributed by atoms with Gasteiger partial charge in [-0.1, -0.05) is 93.9 Å². The molecule has 15 heteroatoms. The number of aromatic nitrogens is 1. The molecule has 0 bridgehead atoms. The molecule has 15 nitrogen and oxygen atoms in total. The number of nitrogens with one attached hydrogen (secondary N) is 3. The van der Waals surface area contributed by atoms with Crippen LogP contribution in [0.1, 0.15) is 120 Å². The number of likely N-dealkylation sites (N-methyl/N-ethyl adjacent to an activating group) is 1. The summed E-state index contributed by atoms with van der Waals surface area (Å²) in [4.78, 5) is 77.9. The van der Waals surface area contributed by atoms with Crippen LogP contribution >= 0.6 is 0 Å². The molecular weight excluding hydrogens is 827 g/mol. The number of hydrogen-bond donors (Lipinski definition) is 4. The predicted octanol–water partition coefficient (Wildman–Crippen LogP) is 6.14. The van der Waals surface area contributed by atoms with Crippen LogP contribution in [-0.4, -0.2) is 140 Å². The van der Waals surface area contributed by atoms with E-state index in [0.717, 1.165) is 48.6 Å². The molecule has 0 saturated carbocycles. The van der Waals surface area contributed by atoms with Gasteiger partial charge in [0.2, 0.25) is 17.7 Å². The average Bonchev–Trinajstić information content (AvgIpc) is 3.95. The standard InChI is InChI=1S/C34H52N4O6.C14H29N3O2.C2H6/c1-7-22(2)23(3)30(42-5)20-31(39)37-16-12-15-29(37)32(43-6)24(4)33(40)36-28(34(41)38-17-10-11-18-44-38)19-25-21-35-27-14-9-8-13-26(25)27;1-9(2)12(11(5)18)16-14(19)13(10(3)4)17(6)8-7-15;1-2/h8-9,13-14,21-24,28-30,32,35H,7,10-12,15-20H2,1-6H3,(H,36,40);9-10,12-13H,7-8,15H2,1-6H3,(H,16,19);1-2H3/t22?,23?,24?,28-,29?,30?,32?;12-,13?;/m00./s1. The fraction of sp³-hybridized carbons (Fsp3) is 0.740. The lowest BCUT2D eigenvalue weighted by Gasteiger charge is -2.36. The van der Waals surface area contributed by atoms with E-state index < -0.39 is 24.1 Å². The number of ketones is 1. The maximum Gasteiger partial charge on any atom is 0.269 e. The smallest absolute Gasteiger partial charge is 0.269 e. The monoisotopic (exact) mass is 914 g/mol. The van der Waals surface area contributed by atoms with Gasteiger partial charge < -0.3 is 35.7 Å². The van der Waals surface area contributed by atoms with Gasteiger partial charge in [0.05, 0.1) is 49.3 Å². The Morgan fingerprint density at radius 2 is 1.60 bits per heavy atom. The Morgan fingerprint density at radius 1 is 0.923 bits per heavy atom. The number of H-pyrrole nitrogens is 1. The van der Waals surface area contributed by atoms with Crippen molar-refractivity contribution in [3.8, 4) is 0 Å². The number of carbonyl (C=O) groups excluding carboxylic acids is 5. The molecule has 2 aromatic rings. The van der Waals surface area contributed by atoms with Crippen LogP contribution in [0.4, 0.5) is 0 Å². The zero-order chi connectivity index (χ0) is 49.0. The van der Waals surface area contributed by atoms with E-state index in [9.17, 15) is 24.0 Å². The highest BCUT2D eigenvalue weighted by atomic mass is 16.7. The van der Waals surface area contributed by atoms with Crippen LogP contribution in [0.2, 0.25) is 0 Å². The Bertz CT molecular complexity index is 1750. The number of nitrogens with two attached hydrogens (primary N) is 1. The third-order valence-corrected chi connectivity index (χ3v) is 13.2. The van der Waals surface area contributed by atoms with Gasteiger partial charge in [-0.15, -0.1) is 0 Å². The fourth-order valence-corrected chi connectivity index (χ4v) is 9.10. The number of rotatable bonds is 22. The molecule has 3 heterocycles. The first-order chi connectivity index (χ1) is 30.9. The molecule has 2 aliphatic rings. The Balaban J connectivity index is 0.000000582. The Labute approximate surface area is 390 Å². The summed E-state index contributed by atoms with van der Waals surface area (Å²) in [6, 6.07) is 6.19. The van der Waals surface area contributed by atoms with Crippen molar-refractivity contribution >= 4 is 40.3 Å². The molecule has 0 spiro atoms. The molecule has 9 atom stereocenters. The lowest BCUT2D eigenvalue weighted by Crippen LogP contribution is -2.55. The predicted molar refractivity (Wildman–Crippen MR) is 259 cm³/mol. The van der Waals surface area contributed by atoms with E-state index in [-0.39, 0.29) is 65.4 Å². The van der Waals surface area contributed by atoms with Gasteiger partial charge in [0.25, 0.3) is 5.91 Å². The summed E-state index contributed by atoms with van der Waals surface area (Å²) in [6.07, 6.45) is 6.18. The van der Waals surface area contributed by atoms with E-state index in [0.29, 0.717) is 51.5 Å². The van der Waals surface area contributed by atoms with Crippen LogP contribution in [-0.2, 0) is 44.7 Å². The Morgan fingerprint density at radius 3 is 2.15 bits per heavy atom. The number of aromatic amines is 1. The number of carbonyl (C=O) groups is 5. The minimum absolute atomic E-state index is 0.00710. The van der Waals surface area contributed by atoms with E-state index in [1.54, 1.807) is 14.2 Å². The summed E-state index contributed by atoms with van der Waals surface area (Å²) in [6.45, 7) is 24.4. The Kier molecular flexibility index (Phi) is 25.5. The maximum atomic E-state index is 13.9. The second-order valence-electron chi connectivity index (χ2n) is 18.4. The average molecular weight is 914 g/mol. The van der Waals surface area contributed by atoms with Gasteiger partial charge in [0, 0.05) is 63.9 Å². The highest BCUT2D eigenvalue weighted by molar-refractivity contribution is 5.91. The number of Topliss-reactive ketones (excluding diaryl/α,β-unsaturated/α-hetero) is 1. The second kappa shape index (κ2) is 29.0. The number of nitrogens with zero attached hydrogens (tertiary/aromatic N) is 3. The number of ether oxygens (including phenoxy) is 2. The molecule has 0 radical (unpaired) electrons. The lowest BCUT2D eigenvalue weighted by molar-refractivity contribution is -0.199. The zero-order valence-electron chi connectivity index (χ0n) is 42.4. The first kappa shape index (κ1) is 57.2. The van der Waals surface area contributed by atoms with Crippen molar-refractivity contribution in [3.05, 3.63) is 36.0 Å². The largest absolute Gasteiger partial charge is 0.381 e. The van der Waals surface area contributed by atoms with Crippen LogP contribution in [0.25, 0.3) is 10.9 Å². The number of fused-ring (bicyclic) bond motifs is 1. The number of para-hydroxylation sites is 1. The number of likely N-dealkylation sites (tertiary alicyclic amines) is 1. The molecule has 2 aliphatic heterocycles. The number of amides is 4. The molecular formula is C50H87N7O8. The molecule has 0 aliphatic carbocycles. The molecule has 2 saturated heterocycles. The van der Waals surface area contributed by atoms with E-state index in [2.05, 4.69) is 36.4 Å². The normalized spacial score (nSPS) is 19.0. The molecule has 1 aromatic carbocycles.